The first-order chi connectivity index (χ1) is 9.45. The number of hydrogen-bond acceptors (Lipinski definition) is 3. The number of halogens is 2. The summed E-state index contributed by atoms with van der Waals surface area (Å²) in [5, 5.41) is 8.72. The van der Waals surface area contributed by atoms with Gasteiger partial charge in [0, 0.05) is 5.56 Å². The number of carbonyl (C=O) groups is 1. The van der Waals surface area contributed by atoms with E-state index in [0.717, 1.165) is 0 Å². The van der Waals surface area contributed by atoms with Crippen LogP contribution in [0.5, 0.6) is 0 Å². The number of aliphatic carboxylic acids is 1. The summed E-state index contributed by atoms with van der Waals surface area (Å²) in [5.74, 6) is -2.09. The van der Waals surface area contributed by atoms with Crippen LogP contribution in [0.1, 0.15) is 38.8 Å². The van der Waals surface area contributed by atoms with Gasteiger partial charge in [-0.15, -0.1) is 0 Å². The van der Waals surface area contributed by atoms with Crippen LogP contribution in [-0.2, 0) is 14.8 Å². The molecule has 5 nitrogen and oxygen atoms in total. The van der Waals surface area contributed by atoms with Crippen LogP contribution in [0.4, 0.5) is 4.39 Å². The Bertz CT molecular complexity index is 640. The molecule has 0 bridgehead atoms. The highest BCUT2D eigenvalue weighted by atomic mass is 35.5. The van der Waals surface area contributed by atoms with E-state index >= 15 is 0 Å². The predicted molar refractivity (Wildman–Crippen MR) is 78.2 cm³/mol. The molecule has 0 radical (unpaired) electrons. The molecule has 0 aliphatic heterocycles. The van der Waals surface area contributed by atoms with E-state index in [1.165, 1.54) is 39.0 Å². The third-order valence-corrected chi connectivity index (χ3v) is 5.34. The van der Waals surface area contributed by atoms with Gasteiger partial charge in [-0.2, -0.15) is 0 Å². The van der Waals surface area contributed by atoms with Crippen LogP contribution >= 0.6 is 11.6 Å². The minimum absolute atomic E-state index is 0.0993. The van der Waals surface area contributed by atoms with Gasteiger partial charge in [0.25, 0.3) is 0 Å². The van der Waals surface area contributed by atoms with Crippen molar-refractivity contribution in [2.75, 3.05) is 0 Å². The van der Waals surface area contributed by atoms with Gasteiger partial charge in [0.1, 0.15) is 5.82 Å². The van der Waals surface area contributed by atoms with Crippen molar-refractivity contribution >= 4 is 27.6 Å². The minimum Gasteiger partial charge on any atom is -0.481 e. The molecule has 0 fully saturated rings. The van der Waals surface area contributed by atoms with Crippen LogP contribution in [0.3, 0.4) is 0 Å². The van der Waals surface area contributed by atoms with Gasteiger partial charge in [-0.05, 0) is 26.8 Å². The van der Waals surface area contributed by atoms with Gasteiger partial charge in [0.2, 0.25) is 10.0 Å². The zero-order valence-electron chi connectivity index (χ0n) is 11.9. The Morgan fingerprint density at radius 3 is 2.48 bits per heavy atom. The van der Waals surface area contributed by atoms with E-state index in [-0.39, 0.29) is 10.6 Å². The zero-order chi connectivity index (χ0) is 16.4. The molecular formula is C13H17ClFNO4S. The molecule has 0 heterocycles. The van der Waals surface area contributed by atoms with Crippen LogP contribution in [0.15, 0.2) is 18.2 Å². The summed E-state index contributed by atoms with van der Waals surface area (Å²) in [7, 11) is -3.84. The molecule has 0 aliphatic rings. The maximum Gasteiger partial charge on any atom is 0.305 e. The normalized spacial score (nSPS) is 14.0. The number of hydrogen-bond donors (Lipinski definition) is 2. The quantitative estimate of drug-likeness (QED) is 0.865. The van der Waals surface area contributed by atoms with Crippen molar-refractivity contribution < 1.29 is 22.7 Å². The van der Waals surface area contributed by atoms with Crippen LogP contribution in [0.2, 0.25) is 5.02 Å². The van der Waals surface area contributed by atoms with Crippen molar-refractivity contribution in [1.82, 2.24) is 4.72 Å². The highest BCUT2D eigenvalue weighted by Gasteiger charge is 2.33. The Labute approximate surface area is 128 Å². The number of rotatable bonds is 5. The molecule has 1 aromatic rings. The summed E-state index contributed by atoms with van der Waals surface area (Å²) in [6, 6.07) is 2.81. The lowest BCUT2D eigenvalue weighted by Gasteiger charge is -2.25. The van der Waals surface area contributed by atoms with Crippen LogP contribution < -0.4 is 4.72 Å². The lowest BCUT2D eigenvalue weighted by atomic mass is 10.0. The van der Waals surface area contributed by atoms with Crippen LogP contribution in [0, 0.1) is 5.82 Å². The van der Waals surface area contributed by atoms with E-state index in [9.17, 15) is 17.6 Å². The van der Waals surface area contributed by atoms with Gasteiger partial charge in [-0.3, -0.25) is 4.79 Å². The van der Waals surface area contributed by atoms with Gasteiger partial charge < -0.3 is 5.11 Å². The fourth-order valence-electron chi connectivity index (χ4n) is 1.54. The average Bonchev–Trinajstić information content (AvgIpc) is 2.29. The number of nitrogens with one attached hydrogen (secondary N) is 1. The largest absolute Gasteiger partial charge is 0.481 e. The van der Waals surface area contributed by atoms with Crippen LogP contribution in [0.25, 0.3) is 0 Å². The van der Waals surface area contributed by atoms with Crippen molar-refractivity contribution in [3.05, 3.63) is 34.6 Å². The summed E-state index contributed by atoms with van der Waals surface area (Å²) in [6.45, 7) is 4.38. The molecule has 0 aromatic heterocycles. The highest BCUT2D eigenvalue weighted by Crippen LogP contribution is 2.27. The number of sulfonamides is 1. The molecule has 118 valence electrons. The second kappa shape index (κ2) is 6.29. The summed E-state index contributed by atoms with van der Waals surface area (Å²) in [5.41, 5.74) is -0.0993. The first-order valence-electron chi connectivity index (χ1n) is 6.13. The summed E-state index contributed by atoms with van der Waals surface area (Å²) < 4.78 is 39.4. The molecule has 0 unspecified atom stereocenters. The average molecular weight is 338 g/mol. The molecule has 0 saturated carbocycles. The molecule has 8 heteroatoms. The molecule has 0 spiro atoms. The summed E-state index contributed by atoms with van der Waals surface area (Å²) in [6.07, 6.45) is -0.591. The molecule has 2 N–H and O–H groups in total. The lowest BCUT2D eigenvalue weighted by molar-refractivity contribution is -0.137. The van der Waals surface area contributed by atoms with Gasteiger partial charge in [-0.25, -0.2) is 17.5 Å². The van der Waals surface area contributed by atoms with Gasteiger partial charge in [-0.1, -0.05) is 23.7 Å². The Morgan fingerprint density at radius 2 is 2.00 bits per heavy atom. The first-order valence-corrected chi connectivity index (χ1v) is 7.99. The maximum atomic E-state index is 14.0. The van der Waals surface area contributed by atoms with Crippen molar-refractivity contribution in [1.29, 1.82) is 0 Å². The summed E-state index contributed by atoms with van der Waals surface area (Å²) in [4.78, 5) is 10.9. The Kier molecular flexibility index (Phi) is 5.35. The summed E-state index contributed by atoms with van der Waals surface area (Å²) >= 11 is 5.66. The third-order valence-electron chi connectivity index (χ3n) is 2.84. The predicted octanol–water partition coefficient (Wildman–Crippen LogP) is 2.71. The minimum atomic E-state index is -3.84. The zero-order valence-corrected chi connectivity index (χ0v) is 13.4. The van der Waals surface area contributed by atoms with E-state index in [0.29, 0.717) is 0 Å². The fourth-order valence-corrected chi connectivity index (χ4v) is 2.66. The van der Waals surface area contributed by atoms with E-state index in [1.807, 2.05) is 0 Å². The SMILES string of the molecule is CC(C)(C)S(=O)(=O)N[C@H](CC(=O)O)c1cccc(Cl)c1F. The number of benzene rings is 1. The van der Waals surface area contributed by atoms with Crippen molar-refractivity contribution in [3.63, 3.8) is 0 Å². The molecule has 1 rings (SSSR count). The topological polar surface area (TPSA) is 83.5 Å². The first kappa shape index (κ1) is 17.9. The molecule has 0 amide bonds. The Balaban J connectivity index is 3.25. The molecule has 1 atom stereocenters. The smallest absolute Gasteiger partial charge is 0.305 e. The fraction of sp³-hybridized carbons (Fsp3) is 0.462. The molecule has 21 heavy (non-hydrogen) atoms. The Hall–Kier alpha value is -1.18. The van der Waals surface area contributed by atoms with Gasteiger partial charge >= 0.3 is 5.97 Å². The van der Waals surface area contributed by atoms with Gasteiger partial charge in [0.05, 0.1) is 22.2 Å². The van der Waals surface area contributed by atoms with E-state index < -0.39 is 39.0 Å². The third kappa shape index (κ3) is 4.39. The molecular weight excluding hydrogens is 321 g/mol. The second-order valence-corrected chi connectivity index (χ2v) is 8.40. The maximum absolute atomic E-state index is 14.0. The van der Waals surface area contributed by atoms with E-state index in [2.05, 4.69) is 4.72 Å². The lowest BCUT2D eigenvalue weighted by Crippen LogP contribution is -2.42. The standard InChI is InChI=1S/C13H17ClFNO4S/c1-13(2,3)21(19,20)16-10(7-11(17)18)8-5-4-6-9(14)12(8)15/h4-6,10,16H,7H2,1-3H3,(H,17,18)/t10-/m1/s1. The molecule has 0 saturated heterocycles. The Morgan fingerprint density at radius 1 is 1.43 bits per heavy atom. The monoisotopic (exact) mass is 337 g/mol. The van der Waals surface area contributed by atoms with Crippen molar-refractivity contribution in [2.24, 2.45) is 0 Å². The van der Waals surface area contributed by atoms with E-state index in [1.54, 1.807) is 0 Å². The van der Waals surface area contributed by atoms with Gasteiger partial charge in [0.15, 0.2) is 0 Å². The van der Waals surface area contributed by atoms with Crippen molar-refractivity contribution in [3.8, 4) is 0 Å². The molecule has 1 aromatic carbocycles. The van der Waals surface area contributed by atoms with E-state index in [4.69, 9.17) is 16.7 Å². The van der Waals surface area contributed by atoms with Crippen LogP contribution in [-0.4, -0.2) is 24.2 Å². The number of carboxylic acids is 1. The number of carboxylic acid groups (broad SMARTS) is 1. The highest BCUT2D eigenvalue weighted by molar-refractivity contribution is 7.90. The van der Waals surface area contributed by atoms with Crippen molar-refractivity contribution in [2.45, 2.75) is 38.0 Å². The second-order valence-electron chi connectivity index (χ2n) is 5.53. The molecule has 0 aliphatic carbocycles.